The first-order chi connectivity index (χ1) is 9.70. The SMILES string of the molecule is C=CC(CCC=CCCCCC(C)C)CCCCCC. The van der Waals surface area contributed by atoms with Crippen molar-refractivity contribution in [1.82, 2.24) is 0 Å². The molecular formula is C20H38. The van der Waals surface area contributed by atoms with Crippen molar-refractivity contribution in [1.29, 1.82) is 0 Å². The number of allylic oxidation sites excluding steroid dienone is 3. The zero-order chi connectivity index (χ0) is 15.1. The third kappa shape index (κ3) is 13.9. The summed E-state index contributed by atoms with van der Waals surface area (Å²) in [6, 6.07) is 0. The number of hydrogen-bond acceptors (Lipinski definition) is 0. The van der Waals surface area contributed by atoms with E-state index in [-0.39, 0.29) is 0 Å². The van der Waals surface area contributed by atoms with Gasteiger partial charge in [-0.05, 0) is 43.9 Å². The fourth-order valence-corrected chi connectivity index (χ4v) is 2.57. The molecule has 1 unspecified atom stereocenters. The first-order valence-electron chi connectivity index (χ1n) is 8.98. The average molecular weight is 279 g/mol. The van der Waals surface area contributed by atoms with Crippen LogP contribution in [-0.2, 0) is 0 Å². The Morgan fingerprint density at radius 1 is 0.800 bits per heavy atom. The Kier molecular flexibility index (Phi) is 14.5. The topological polar surface area (TPSA) is 0 Å². The van der Waals surface area contributed by atoms with Gasteiger partial charge in [-0.2, -0.15) is 0 Å². The highest BCUT2D eigenvalue weighted by Gasteiger charge is 2.02. The molecule has 0 aromatic rings. The van der Waals surface area contributed by atoms with Crippen molar-refractivity contribution in [2.24, 2.45) is 11.8 Å². The van der Waals surface area contributed by atoms with Gasteiger partial charge in [-0.3, -0.25) is 0 Å². The van der Waals surface area contributed by atoms with Crippen LogP contribution in [0.1, 0.15) is 91.4 Å². The van der Waals surface area contributed by atoms with Gasteiger partial charge < -0.3 is 0 Å². The Morgan fingerprint density at radius 2 is 1.50 bits per heavy atom. The predicted octanol–water partition coefficient (Wildman–Crippen LogP) is 7.31. The number of rotatable bonds is 14. The highest BCUT2D eigenvalue weighted by molar-refractivity contribution is 4.86. The fraction of sp³-hybridized carbons (Fsp3) is 0.800. The summed E-state index contributed by atoms with van der Waals surface area (Å²) in [6.07, 6.45) is 21.7. The number of hydrogen-bond donors (Lipinski definition) is 0. The second kappa shape index (κ2) is 14.9. The maximum absolute atomic E-state index is 3.99. The molecule has 0 radical (unpaired) electrons. The summed E-state index contributed by atoms with van der Waals surface area (Å²) in [5.74, 6) is 1.59. The van der Waals surface area contributed by atoms with Gasteiger partial charge in [-0.15, -0.1) is 6.58 Å². The van der Waals surface area contributed by atoms with Crippen LogP contribution in [0.25, 0.3) is 0 Å². The minimum absolute atomic E-state index is 0.734. The molecule has 0 saturated heterocycles. The molecule has 0 aromatic heterocycles. The normalized spacial score (nSPS) is 13.2. The van der Waals surface area contributed by atoms with Crippen molar-refractivity contribution in [3.05, 3.63) is 24.8 Å². The van der Waals surface area contributed by atoms with E-state index in [4.69, 9.17) is 0 Å². The van der Waals surface area contributed by atoms with Gasteiger partial charge in [0.15, 0.2) is 0 Å². The molecule has 0 N–H and O–H groups in total. The molecule has 0 fully saturated rings. The van der Waals surface area contributed by atoms with Crippen LogP contribution in [0.15, 0.2) is 24.8 Å². The van der Waals surface area contributed by atoms with Gasteiger partial charge in [0.2, 0.25) is 0 Å². The summed E-state index contributed by atoms with van der Waals surface area (Å²) in [5, 5.41) is 0. The van der Waals surface area contributed by atoms with Gasteiger partial charge in [-0.25, -0.2) is 0 Å². The zero-order valence-electron chi connectivity index (χ0n) is 14.4. The van der Waals surface area contributed by atoms with Crippen molar-refractivity contribution in [2.75, 3.05) is 0 Å². The first-order valence-corrected chi connectivity index (χ1v) is 8.98. The second-order valence-electron chi connectivity index (χ2n) is 6.57. The van der Waals surface area contributed by atoms with Crippen molar-refractivity contribution in [3.8, 4) is 0 Å². The summed E-state index contributed by atoms with van der Waals surface area (Å²) in [4.78, 5) is 0. The molecule has 0 bridgehead atoms. The summed E-state index contributed by atoms with van der Waals surface area (Å²) in [5.41, 5.74) is 0. The van der Waals surface area contributed by atoms with Crippen molar-refractivity contribution in [2.45, 2.75) is 91.4 Å². The fourth-order valence-electron chi connectivity index (χ4n) is 2.57. The van der Waals surface area contributed by atoms with Crippen molar-refractivity contribution >= 4 is 0 Å². The molecule has 0 heterocycles. The van der Waals surface area contributed by atoms with E-state index >= 15 is 0 Å². The van der Waals surface area contributed by atoms with E-state index < -0.39 is 0 Å². The van der Waals surface area contributed by atoms with Crippen LogP contribution in [0.4, 0.5) is 0 Å². The van der Waals surface area contributed by atoms with Crippen molar-refractivity contribution in [3.63, 3.8) is 0 Å². The molecular weight excluding hydrogens is 240 g/mol. The van der Waals surface area contributed by atoms with Gasteiger partial charge in [0.25, 0.3) is 0 Å². The molecule has 0 spiro atoms. The number of unbranched alkanes of at least 4 members (excludes halogenated alkanes) is 5. The van der Waals surface area contributed by atoms with Crippen molar-refractivity contribution < 1.29 is 0 Å². The highest BCUT2D eigenvalue weighted by atomic mass is 14.1. The van der Waals surface area contributed by atoms with E-state index in [1.165, 1.54) is 70.6 Å². The summed E-state index contributed by atoms with van der Waals surface area (Å²) < 4.78 is 0. The van der Waals surface area contributed by atoms with Gasteiger partial charge in [0.1, 0.15) is 0 Å². The predicted molar refractivity (Wildman–Crippen MR) is 94.1 cm³/mol. The lowest BCUT2D eigenvalue weighted by Gasteiger charge is -2.10. The lowest BCUT2D eigenvalue weighted by atomic mass is 9.96. The second-order valence-corrected chi connectivity index (χ2v) is 6.57. The molecule has 0 rings (SSSR count). The summed E-state index contributed by atoms with van der Waals surface area (Å²) in [7, 11) is 0. The van der Waals surface area contributed by atoms with Crippen LogP contribution in [0.3, 0.4) is 0 Å². The summed E-state index contributed by atoms with van der Waals surface area (Å²) in [6.45, 7) is 10.9. The van der Waals surface area contributed by atoms with Crippen LogP contribution in [0.2, 0.25) is 0 Å². The molecule has 0 nitrogen and oxygen atoms in total. The average Bonchev–Trinajstić information content (AvgIpc) is 2.43. The van der Waals surface area contributed by atoms with E-state index in [2.05, 4.69) is 45.6 Å². The van der Waals surface area contributed by atoms with Gasteiger partial charge in [0.05, 0.1) is 0 Å². The molecule has 0 amide bonds. The Balaban J connectivity index is 3.46. The third-order valence-electron chi connectivity index (χ3n) is 4.03. The molecule has 0 aliphatic carbocycles. The van der Waals surface area contributed by atoms with E-state index in [0.29, 0.717) is 0 Å². The smallest absolute Gasteiger partial charge is 0.0233 e. The lowest BCUT2D eigenvalue weighted by molar-refractivity contribution is 0.504. The molecule has 0 aliphatic rings. The molecule has 0 aliphatic heterocycles. The molecule has 0 aromatic carbocycles. The van der Waals surface area contributed by atoms with E-state index in [1.54, 1.807) is 0 Å². The van der Waals surface area contributed by atoms with Crippen LogP contribution in [-0.4, -0.2) is 0 Å². The van der Waals surface area contributed by atoms with Crippen LogP contribution < -0.4 is 0 Å². The molecule has 1 atom stereocenters. The summed E-state index contributed by atoms with van der Waals surface area (Å²) >= 11 is 0. The molecule has 0 heteroatoms. The van der Waals surface area contributed by atoms with Gasteiger partial charge >= 0.3 is 0 Å². The molecule has 118 valence electrons. The monoisotopic (exact) mass is 278 g/mol. The standard InChI is InChI=1S/C20H38/c1-5-7-8-14-17-20(6-2)18-15-12-10-9-11-13-16-19(3)4/h6,10,12,19-20H,2,5,7-9,11,13-18H2,1,3-4H3. The van der Waals surface area contributed by atoms with E-state index in [0.717, 1.165) is 11.8 Å². The minimum Gasteiger partial charge on any atom is -0.103 e. The van der Waals surface area contributed by atoms with Crippen LogP contribution in [0, 0.1) is 11.8 Å². The lowest BCUT2D eigenvalue weighted by Crippen LogP contribution is -1.95. The first kappa shape index (κ1) is 19.5. The minimum atomic E-state index is 0.734. The molecule has 0 saturated carbocycles. The largest absolute Gasteiger partial charge is 0.103 e. The van der Waals surface area contributed by atoms with Crippen LogP contribution >= 0.6 is 0 Å². The van der Waals surface area contributed by atoms with E-state index in [9.17, 15) is 0 Å². The van der Waals surface area contributed by atoms with Gasteiger partial charge in [-0.1, -0.05) is 77.5 Å². The Hall–Kier alpha value is -0.520. The highest BCUT2D eigenvalue weighted by Crippen LogP contribution is 2.17. The molecule has 20 heavy (non-hydrogen) atoms. The Labute approximate surface area is 128 Å². The third-order valence-corrected chi connectivity index (χ3v) is 4.03. The zero-order valence-corrected chi connectivity index (χ0v) is 14.4. The van der Waals surface area contributed by atoms with Gasteiger partial charge in [0, 0.05) is 0 Å². The maximum Gasteiger partial charge on any atom is -0.0233 e. The Bertz CT molecular complexity index is 224. The van der Waals surface area contributed by atoms with Crippen LogP contribution in [0.5, 0.6) is 0 Å². The Morgan fingerprint density at radius 3 is 2.15 bits per heavy atom. The van der Waals surface area contributed by atoms with E-state index in [1.807, 2.05) is 0 Å². The quantitative estimate of drug-likeness (QED) is 0.231. The maximum atomic E-state index is 3.99.